The van der Waals surface area contributed by atoms with Gasteiger partial charge in [0.05, 0.1) is 19.8 Å². The summed E-state index contributed by atoms with van der Waals surface area (Å²) in [5, 5.41) is 8.85. The number of hydrogen-bond acceptors (Lipinski definition) is 8. The summed E-state index contributed by atoms with van der Waals surface area (Å²) in [6.07, 6.45) is 1.96. The van der Waals surface area contributed by atoms with Crippen LogP contribution in [0.3, 0.4) is 0 Å². The molecule has 2 amide bonds. The SMILES string of the molecule is CSS[C@@H](COc1cccc(C(=O)NCCNC(C)C)c1)OCCOCC(=O)NCC#CC(C)C. The second-order valence-electron chi connectivity index (χ2n) is 8.07. The van der Waals surface area contributed by atoms with Gasteiger partial charge in [0, 0.05) is 30.6 Å². The summed E-state index contributed by atoms with van der Waals surface area (Å²) in [6.45, 7) is 10.6. The third-order valence-electron chi connectivity index (χ3n) is 4.18. The number of nitrogens with one attached hydrogen (secondary N) is 3. The van der Waals surface area contributed by atoms with Crippen molar-refractivity contribution >= 4 is 33.4 Å². The topological polar surface area (TPSA) is 97.9 Å². The zero-order chi connectivity index (χ0) is 25.9. The molecule has 10 heteroatoms. The molecule has 0 fully saturated rings. The predicted octanol–water partition coefficient (Wildman–Crippen LogP) is 2.94. The van der Waals surface area contributed by atoms with Crippen LogP contribution in [0.4, 0.5) is 0 Å². The molecule has 0 heterocycles. The Bertz CT molecular complexity index is 812. The third kappa shape index (κ3) is 16.4. The lowest BCUT2D eigenvalue weighted by Crippen LogP contribution is -2.34. The molecule has 0 aliphatic heterocycles. The number of carbonyl (C=O) groups excluding carboxylic acids is 2. The molecule has 1 atom stereocenters. The van der Waals surface area contributed by atoms with Gasteiger partial charge < -0.3 is 30.2 Å². The molecule has 0 unspecified atom stereocenters. The van der Waals surface area contributed by atoms with Gasteiger partial charge in [-0.25, -0.2) is 0 Å². The molecular weight excluding hydrogens is 486 g/mol. The molecule has 1 aromatic rings. The summed E-state index contributed by atoms with van der Waals surface area (Å²) in [7, 11) is 3.11. The quantitative estimate of drug-likeness (QED) is 0.124. The number of hydrogen-bond donors (Lipinski definition) is 3. The van der Waals surface area contributed by atoms with Gasteiger partial charge in [-0.2, -0.15) is 0 Å². The van der Waals surface area contributed by atoms with E-state index in [1.165, 1.54) is 10.8 Å². The molecule has 1 aromatic carbocycles. The first-order valence-electron chi connectivity index (χ1n) is 11.7. The molecule has 0 aromatic heterocycles. The summed E-state index contributed by atoms with van der Waals surface area (Å²) >= 11 is 0. The van der Waals surface area contributed by atoms with E-state index in [-0.39, 0.29) is 36.4 Å². The van der Waals surface area contributed by atoms with Crippen LogP contribution in [0, 0.1) is 17.8 Å². The van der Waals surface area contributed by atoms with Crippen molar-refractivity contribution in [2.45, 2.75) is 39.2 Å². The van der Waals surface area contributed by atoms with Gasteiger partial charge in [-0.05, 0) is 24.5 Å². The van der Waals surface area contributed by atoms with E-state index in [0.29, 0.717) is 50.2 Å². The second-order valence-corrected chi connectivity index (χ2v) is 10.7. The maximum Gasteiger partial charge on any atom is 0.251 e. The fraction of sp³-hybridized carbons (Fsp3) is 0.600. The van der Waals surface area contributed by atoms with Crippen LogP contribution in [-0.2, 0) is 14.3 Å². The van der Waals surface area contributed by atoms with Crippen molar-refractivity contribution in [3.63, 3.8) is 0 Å². The van der Waals surface area contributed by atoms with Crippen molar-refractivity contribution in [1.82, 2.24) is 16.0 Å². The molecule has 0 aliphatic carbocycles. The average molecular weight is 526 g/mol. The predicted molar refractivity (Wildman–Crippen MR) is 145 cm³/mol. The Balaban J connectivity index is 2.34. The molecule has 35 heavy (non-hydrogen) atoms. The van der Waals surface area contributed by atoms with Gasteiger partial charge in [-0.1, -0.05) is 67.2 Å². The van der Waals surface area contributed by atoms with Crippen molar-refractivity contribution in [3.05, 3.63) is 29.8 Å². The van der Waals surface area contributed by atoms with Gasteiger partial charge in [0.1, 0.15) is 24.4 Å². The number of benzene rings is 1. The number of rotatable bonds is 17. The Morgan fingerprint density at radius 3 is 2.60 bits per heavy atom. The fourth-order valence-corrected chi connectivity index (χ4v) is 4.06. The first kappa shape index (κ1) is 31.1. The molecule has 0 saturated heterocycles. The smallest absolute Gasteiger partial charge is 0.251 e. The van der Waals surface area contributed by atoms with Gasteiger partial charge in [0.15, 0.2) is 0 Å². The second kappa shape index (κ2) is 19.3. The number of carbonyl (C=O) groups is 2. The largest absolute Gasteiger partial charge is 0.490 e. The summed E-state index contributed by atoms with van der Waals surface area (Å²) in [5.74, 6) is 6.41. The molecule has 0 aliphatic rings. The van der Waals surface area contributed by atoms with E-state index >= 15 is 0 Å². The van der Waals surface area contributed by atoms with Crippen LogP contribution in [0.25, 0.3) is 0 Å². The van der Waals surface area contributed by atoms with E-state index < -0.39 is 0 Å². The molecular formula is C25H39N3O5S2. The van der Waals surface area contributed by atoms with E-state index in [4.69, 9.17) is 14.2 Å². The maximum absolute atomic E-state index is 12.4. The molecule has 0 radical (unpaired) electrons. The van der Waals surface area contributed by atoms with E-state index in [1.54, 1.807) is 29.0 Å². The molecule has 3 N–H and O–H groups in total. The summed E-state index contributed by atoms with van der Waals surface area (Å²) in [4.78, 5) is 24.1. The first-order valence-corrected chi connectivity index (χ1v) is 14.3. The Morgan fingerprint density at radius 2 is 1.89 bits per heavy atom. The Kier molecular flexibility index (Phi) is 17.2. The van der Waals surface area contributed by atoms with Crippen molar-refractivity contribution in [2.24, 2.45) is 5.92 Å². The zero-order valence-electron chi connectivity index (χ0n) is 21.3. The number of amides is 2. The lowest BCUT2D eigenvalue weighted by atomic mass is 10.2. The summed E-state index contributed by atoms with van der Waals surface area (Å²) in [6, 6.07) is 7.46. The fourth-order valence-electron chi connectivity index (χ4n) is 2.59. The molecule has 0 bridgehead atoms. The van der Waals surface area contributed by atoms with Crippen molar-refractivity contribution in [3.8, 4) is 17.6 Å². The van der Waals surface area contributed by atoms with E-state index in [1.807, 2.05) is 26.2 Å². The van der Waals surface area contributed by atoms with Gasteiger partial charge in [0.2, 0.25) is 5.91 Å². The lowest BCUT2D eigenvalue weighted by Gasteiger charge is -2.17. The Hall–Kier alpha value is -1.90. The average Bonchev–Trinajstić information content (AvgIpc) is 2.82. The van der Waals surface area contributed by atoms with Gasteiger partial charge in [-0.15, -0.1) is 0 Å². The molecule has 8 nitrogen and oxygen atoms in total. The van der Waals surface area contributed by atoms with Crippen LogP contribution in [0.1, 0.15) is 38.1 Å². The normalized spacial score (nSPS) is 11.6. The van der Waals surface area contributed by atoms with Crippen LogP contribution in [0.15, 0.2) is 24.3 Å². The van der Waals surface area contributed by atoms with Crippen molar-refractivity contribution < 1.29 is 23.8 Å². The first-order chi connectivity index (χ1) is 16.8. The monoisotopic (exact) mass is 525 g/mol. The zero-order valence-corrected chi connectivity index (χ0v) is 23.0. The molecule has 1 rings (SSSR count). The molecule has 0 saturated carbocycles. The Labute approximate surface area is 217 Å². The highest BCUT2D eigenvalue weighted by molar-refractivity contribution is 8.76. The van der Waals surface area contributed by atoms with Crippen LogP contribution in [-0.4, -0.2) is 75.6 Å². The minimum absolute atomic E-state index is 0.0358. The minimum atomic E-state index is -0.228. The van der Waals surface area contributed by atoms with Crippen LogP contribution in [0.2, 0.25) is 0 Å². The summed E-state index contributed by atoms with van der Waals surface area (Å²) < 4.78 is 17.1. The van der Waals surface area contributed by atoms with Crippen molar-refractivity contribution in [1.29, 1.82) is 0 Å². The van der Waals surface area contributed by atoms with Crippen LogP contribution < -0.4 is 20.7 Å². The maximum atomic E-state index is 12.4. The van der Waals surface area contributed by atoms with Crippen LogP contribution >= 0.6 is 21.6 Å². The van der Waals surface area contributed by atoms with E-state index in [9.17, 15) is 9.59 Å². The molecule has 196 valence electrons. The van der Waals surface area contributed by atoms with Gasteiger partial charge >= 0.3 is 0 Å². The number of ether oxygens (including phenoxy) is 3. The minimum Gasteiger partial charge on any atom is -0.490 e. The van der Waals surface area contributed by atoms with E-state index in [0.717, 1.165) is 0 Å². The highest BCUT2D eigenvalue weighted by atomic mass is 33.1. The third-order valence-corrected chi connectivity index (χ3v) is 6.08. The van der Waals surface area contributed by atoms with E-state index in [2.05, 4.69) is 41.6 Å². The highest BCUT2D eigenvalue weighted by Crippen LogP contribution is 2.25. The highest BCUT2D eigenvalue weighted by Gasteiger charge is 2.12. The van der Waals surface area contributed by atoms with Gasteiger partial charge in [0.25, 0.3) is 5.91 Å². The molecule has 0 spiro atoms. The summed E-state index contributed by atoms with van der Waals surface area (Å²) in [5.41, 5.74) is 0.317. The van der Waals surface area contributed by atoms with Gasteiger partial charge in [-0.3, -0.25) is 9.59 Å². The Morgan fingerprint density at radius 1 is 1.09 bits per heavy atom. The lowest BCUT2D eigenvalue weighted by molar-refractivity contribution is -0.126. The standard InChI is InChI=1S/C25H39N3O5S2/c1-19(2)8-7-11-27-23(29)17-31-14-15-32-24(35-34-5)18-33-22-10-6-9-21(16-22)25(30)28-13-12-26-20(3)4/h6,9-10,16,19-20,24,26H,11-15,17-18H2,1-5H3,(H,27,29)(H,28,30)/t24-/m0/s1. The van der Waals surface area contributed by atoms with Crippen molar-refractivity contribution in [2.75, 3.05) is 52.3 Å². The van der Waals surface area contributed by atoms with Crippen LogP contribution in [0.5, 0.6) is 5.75 Å².